The first-order chi connectivity index (χ1) is 15.9. The van der Waals surface area contributed by atoms with E-state index in [9.17, 15) is 9.59 Å². The highest BCUT2D eigenvalue weighted by atomic mass is 79.9. The number of thioether (sulfide) groups is 1. The fourth-order valence-corrected chi connectivity index (χ4v) is 4.99. The van der Waals surface area contributed by atoms with E-state index in [1.165, 1.54) is 11.8 Å². The maximum Gasteiger partial charge on any atom is 0.266 e. The smallest absolute Gasteiger partial charge is 0.266 e. The number of thiocarbonyl (C=S) groups is 1. The Morgan fingerprint density at radius 2 is 1.88 bits per heavy atom. The number of carbonyl (C=O) groups excluding carboxylic acids is 2. The van der Waals surface area contributed by atoms with Gasteiger partial charge in [0.25, 0.3) is 5.91 Å². The van der Waals surface area contributed by atoms with E-state index in [1.54, 1.807) is 25.2 Å². The summed E-state index contributed by atoms with van der Waals surface area (Å²) in [7, 11) is 3.16. The number of nitrogens with zero attached hydrogens (tertiary/aromatic N) is 1. The Hall–Kier alpha value is -2.36. The summed E-state index contributed by atoms with van der Waals surface area (Å²) in [6.45, 7) is 0.541. The third kappa shape index (κ3) is 6.82. The van der Waals surface area contributed by atoms with Gasteiger partial charge < -0.3 is 14.8 Å². The van der Waals surface area contributed by atoms with Crippen molar-refractivity contribution in [1.29, 1.82) is 0 Å². The molecule has 0 atom stereocenters. The normalized spacial score (nSPS) is 14.6. The third-order valence-corrected chi connectivity index (χ3v) is 7.08. The molecule has 0 aromatic heterocycles. The van der Waals surface area contributed by atoms with Crippen molar-refractivity contribution in [3.63, 3.8) is 0 Å². The number of hydrogen-bond acceptors (Lipinski definition) is 6. The van der Waals surface area contributed by atoms with Crippen molar-refractivity contribution in [1.82, 2.24) is 4.90 Å². The molecule has 174 valence electrons. The van der Waals surface area contributed by atoms with Gasteiger partial charge in [-0.15, -0.1) is 0 Å². The van der Waals surface area contributed by atoms with Crippen molar-refractivity contribution in [2.45, 2.75) is 25.7 Å². The number of nitrogens with one attached hydrogen (secondary N) is 1. The molecule has 1 aliphatic rings. The third-order valence-electron chi connectivity index (χ3n) is 5.01. The summed E-state index contributed by atoms with van der Waals surface area (Å²) in [5.74, 6) is 1.12. The summed E-state index contributed by atoms with van der Waals surface area (Å²) < 4.78 is 12.0. The summed E-state index contributed by atoms with van der Waals surface area (Å²) in [6, 6.07) is 13.0. The highest BCUT2D eigenvalue weighted by molar-refractivity contribution is 9.10. The number of benzene rings is 2. The number of unbranched alkanes of at least 4 members (excludes halogenated alkanes) is 2. The van der Waals surface area contributed by atoms with Crippen LogP contribution in [0.4, 0.5) is 5.69 Å². The minimum absolute atomic E-state index is 0.0228. The molecule has 1 fully saturated rings. The fraction of sp³-hybridized carbons (Fsp3) is 0.292. The maximum atomic E-state index is 12.8. The van der Waals surface area contributed by atoms with Crippen molar-refractivity contribution in [2.24, 2.45) is 0 Å². The standard InChI is InChI=1S/C24H25BrN2O4S2/c1-30-19-12-11-16(14-20(19)31-2)15-21-23(29)27(24(32)33-21)13-7-3-4-10-22(28)26-18-9-6-5-8-17(18)25/h5-6,8-9,11-12,14-15H,3-4,7,10,13H2,1-2H3,(H,26,28)/b21-15-. The lowest BCUT2D eigenvalue weighted by Crippen LogP contribution is -2.29. The fourth-order valence-electron chi connectivity index (χ4n) is 3.29. The van der Waals surface area contributed by atoms with Crippen molar-refractivity contribution in [3.8, 4) is 11.5 Å². The van der Waals surface area contributed by atoms with E-state index in [1.807, 2.05) is 42.5 Å². The molecule has 33 heavy (non-hydrogen) atoms. The molecule has 1 heterocycles. The second kappa shape index (κ2) is 12.2. The Balaban J connectivity index is 1.47. The molecule has 0 aliphatic carbocycles. The van der Waals surface area contributed by atoms with Gasteiger partial charge in [-0.3, -0.25) is 14.5 Å². The number of halogens is 1. The molecule has 0 unspecified atom stereocenters. The van der Waals surface area contributed by atoms with E-state index in [2.05, 4.69) is 21.2 Å². The lowest BCUT2D eigenvalue weighted by molar-refractivity contribution is -0.122. The summed E-state index contributed by atoms with van der Waals surface area (Å²) >= 11 is 10.1. The van der Waals surface area contributed by atoms with Gasteiger partial charge in [0.05, 0.1) is 24.8 Å². The number of ether oxygens (including phenoxy) is 2. The van der Waals surface area contributed by atoms with Gasteiger partial charge in [-0.25, -0.2) is 0 Å². The van der Waals surface area contributed by atoms with Crippen LogP contribution in [0.5, 0.6) is 11.5 Å². The molecular weight excluding hydrogens is 524 g/mol. The Bertz CT molecular complexity index is 1070. The van der Waals surface area contributed by atoms with E-state index in [-0.39, 0.29) is 11.8 Å². The predicted molar refractivity (Wildman–Crippen MR) is 141 cm³/mol. The van der Waals surface area contributed by atoms with Crippen LogP contribution in [0.15, 0.2) is 51.8 Å². The molecule has 9 heteroatoms. The van der Waals surface area contributed by atoms with E-state index < -0.39 is 0 Å². The van der Waals surface area contributed by atoms with Crippen LogP contribution in [0.2, 0.25) is 0 Å². The Morgan fingerprint density at radius 3 is 2.61 bits per heavy atom. The Labute approximate surface area is 211 Å². The van der Waals surface area contributed by atoms with Crippen LogP contribution in [0.1, 0.15) is 31.2 Å². The molecule has 0 bridgehead atoms. The molecular formula is C24H25BrN2O4S2. The molecule has 2 amide bonds. The zero-order valence-corrected chi connectivity index (χ0v) is 21.6. The van der Waals surface area contributed by atoms with Crippen molar-refractivity contribution >= 4 is 67.8 Å². The van der Waals surface area contributed by atoms with Gasteiger partial charge in [-0.05, 0) is 64.7 Å². The molecule has 2 aromatic carbocycles. The van der Waals surface area contributed by atoms with Crippen LogP contribution in [-0.4, -0.2) is 41.8 Å². The second-order valence-corrected chi connectivity index (χ2v) is 9.82. The molecule has 1 aliphatic heterocycles. The molecule has 0 radical (unpaired) electrons. The highest BCUT2D eigenvalue weighted by Gasteiger charge is 2.31. The number of methoxy groups -OCH3 is 2. The minimum Gasteiger partial charge on any atom is -0.493 e. The van der Waals surface area contributed by atoms with Gasteiger partial charge in [0.1, 0.15) is 4.32 Å². The Morgan fingerprint density at radius 1 is 1.12 bits per heavy atom. The largest absolute Gasteiger partial charge is 0.493 e. The van der Waals surface area contributed by atoms with Gasteiger partial charge in [-0.1, -0.05) is 48.6 Å². The minimum atomic E-state index is -0.0912. The van der Waals surface area contributed by atoms with Gasteiger partial charge in [0.15, 0.2) is 11.5 Å². The molecule has 1 N–H and O–H groups in total. The van der Waals surface area contributed by atoms with E-state index in [0.717, 1.165) is 35.0 Å². The first-order valence-corrected chi connectivity index (χ1v) is 12.5. The van der Waals surface area contributed by atoms with Crippen LogP contribution in [0.25, 0.3) is 6.08 Å². The number of amides is 2. The average molecular weight is 550 g/mol. The van der Waals surface area contributed by atoms with Crippen LogP contribution in [-0.2, 0) is 9.59 Å². The molecule has 1 saturated heterocycles. The predicted octanol–water partition coefficient (Wildman–Crippen LogP) is 5.87. The first-order valence-electron chi connectivity index (χ1n) is 10.4. The number of rotatable bonds is 10. The topological polar surface area (TPSA) is 67.9 Å². The lowest BCUT2D eigenvalue weighted by Gasteiger charge is -2.14. The van der Waals surface area contributed by atoms with Crippen LogP contribution in [0, 0.1) is 0 Å². The average Bonchev–Trinajstić information content (AvgIpc) is 3.07. The summed E-state index contributed by atoms with van der Waals surface area (Å²) in [5.41, 5.74) is 1.60. The van der Waals surface area contributed by atoms with Crippen LogP contribution in [0.3, 0.4) is 0 Å². The number of para-hydroxylation sites is 1. The monoisotopic (exact) mass is 548 g/mol. The zero-order valence-electron chi connectivity index (χ0n) is 18.4. The molecule has 6 nitrogen and oxygen atoms in total. The van der Waals surface area contributed by atoms with Gasteiger partial charge in [0, 0.05) is 17.4 Å². The van der Waals surface area contributed by atoms with Crippen LogP contribution < -0.4 is 14.8 Å². The first kappa shape index (κ1) is 25.3. The Kier molecular flexibility index (Phi) is 9.34. The van der Waals surface area contributed by atoms with E-state index in [0.29, 0.717) is 33.7 Å². The van der Waals surface area contributed by atoms with Gasteiger partial charge >= 0.3 is 0 Å². The molecule has 3 rings (SSSR count). The van der Waals surface area contributed by atoms with Gasteiger partial charge in [0.2, 0.25) is 5.91 Å². The summed E-state index contributed by atoms with van der Waals surface area (Å²) in [6.07, 6.45) is 4.59. The van der Waals surface area contributed by atoms with E-state index in [4.69, 9.17) is 21.7 Å². The molecule has 2 aromatic rings. The quantitative estimate of drug-likeness (QED) is 0.227. The highest BCUT2D eigenvalue weighted by Crippen LogP contribution is 2.34. The number of hydrogen-bond donors (Lipinski definition) is 1. The number of anilines is 1. The van der Waals surface area contributed by atoms with Gasteiger partial charge in [-0.2, -0.15) is 0 Å². The van der Waals surface area contributed by atoms with Crippen molar-refractivity contribution < 1.29 is 19.1 Å². The van der Waals surface area contributed by atoms with Crippen molar-refractivity contribution in [2.75, 3.05) is 26.1 Å². The zero-order chi connectivity index (χ0) is 23.8. The summed E-state index contributed by atoms with van der Waals surface area (Å²) in [4.78, 5) is 27.2. The van der Waals surface area contributed by atoms with Crippen LogP contribution >= 0.6 is 39.9 Å². The maximum absolute atomic E-state index is 12.8. The van der Waals surface area contributed by atoms with Crippen molar-refractivity contribution in [3.05, 3.63) is 57.4 Å². The number of carbonyl (C=O) groups is 2. The lowest BCUT2D eigenvalue weighted by atomic mass is 10.1. The molecule has 0 saturated carbocycles. The SMILES string of the molecule is COc1ccc(/C=C2\SC(=S)N(CCCCCC(=O)Nc3ccccc3Br)C2=O)cc1OC. The summed E-state index contributed by atoms with van der Waals surface area (Å²) in [5, 5.41) is 2.90. The second-order valence-electron chi connectivity index (χ2n) is 7.29. The molecule has 0 spiro atoms. The van der Waals surface area contributed by atoms with E-state index >= 15 is 0 Å².